The number of aryl methyl sites for hydroxylation is 1. The third kappa shape index (κ3) is 8.44. The van der Waals surface area contributed by atoms with Crippen molar-refractivity contribution in [3.8, 4) is 5.75 Å². The molecule has 154 valence electrons. The molecule has 0 aliphatic carbocycles. The molecule has 2 aromatic carbocycles. The molecule has 4 N–H and O–H groups in total. The van der Waals surface area contributed by atoms with Crippen molar-refractivity contribution in [2.45, 2.75) is 25.3 Å². The van der Waals surface area contributed by atoms with Crippen LogP contribution in [0, 0.1) is 6.92 Å². The van der Waals surface area contributed by atoms with Gasteiger partial charge in [0.1, 0.15) is 12.4 Å². The molecule has 0 aliphatic heterocycles. The van der Waals surface area contributed by atoms with Gasteiger partial charge in [0.05, 0.1) is 18.0 Å². The maximum atomic E-state index is 11.4. The standard InChI is InChI=1S/C19H26N4O3S.HI/c1-3-21-19(22-11-12-26-17-9-7-15(2)8-10-17)23-14-16-5-4-6-18(13-16)27(20,24)25;/h4-10,13H,3,11-12,14H2,1-2H3,(H2,20,24,25)(H2,21,22,23);1H. The molecule has 0 unspecified atom stereocenters. The summed E-state index contributed by atoms with van der Waals surface area (Å²) in [7, 11) is -3.72. The molecule has 28 heavy (non-hydrogen) atoms. The summed E-state index contributed by atoms with van der Waals surface area (Å²) in [6.07, 6.45) is 0. The molecule has 0 aliphatic rings. The van der Waals surface area contributed by atoms with Crippen LogP contribution in [-0.2, 0) is 16.6 Å². The van der Waals surface area contributed by atoms with E-state index in [9.17, 15) is 8.42 Å². The maximum absolute atomic E-state index is 11.4. The van der Waals surface area contributed by atoms with Crippen LogP contribution in [0.4, 0.5) is 0 Å². The van der Waals surface area contributed by atoms with Crippen molar-refractivity contribution in [2.24, 2.45) is 10.1 Å². The second kappa shape index (κ2) is 11.9. The minimum atomic E-state index is -3.72. The Bertz CT molecular complexity index is 871. The van der Waals surface area contributed by atoms with Gasteiger partial charge in [0.15, 0.2) is 5.96 Å². The fourth-order valence-corrected chi connectivity index (χ4v) is 2.89. The molecule has 0 saturated heterocycles. The number of nitrogens with zero attached hydrogens (tertiary/aromatic N) is 1. The fraction of sp³-hybridized carbons (Fsp3) is 0.316. The van der Waals surface area contributed by atoms with E-state index in [0.29, 0.717) is 32.2 Å². The van der Waals surface area contributed by atoms with E-state index in [1.165, 1.54) is 17.7 Å². The first kappa shape index (κ1) is 24.2. The number of benzene rings is 2. The van der Waals surface area contributed by atoms with Crippen LogP contribution in [-0.4, -0.2) is 34.1 Å². The quantitative estimate of drug-likeness (QED) is 0.216. The van der Waals surface area contributed by atoms with E-state index in [1.807, 2.05) is 44.2 Å². The predicted octanol–water partition coefficient (Wildman–Crippen LogP) is 2.39. The van der Waals surface area contributed by atoms with Crippen molar-refractivity contribution in [1.29, 1.82) is 0 Å². The molecule has 2 aromatic rings. The molecule has 2 rings (SSSR count). The lowest BCUT2D eigenvalue weighted by Gasteiger charge is -2.12. The fourth-order valence-electron chi connectivity index (χ4n) is 2.31. The van der Waals surface area contributed by atoms with Gasteiger partial charge in [0.25, 0.3) is 0 Å². The number of rotatable bonds is 8. The molecule has 0 bridgehead atoms. The summed E-state index contributed by atoms with van der Waals surface area (Å²) in [5.74, 6) is 1.45. The highest BCUT2D eigenvalue weighted by Crippen LogP contribution is 2.11. The Hall–Kier alpha value is -1.85. The smallest absolute Gasteiger partial charge is 0.238 e. The zero-order valence-corrected chi connectivity index (χ0v) is 19.2. The highest BCUT2D eigenvalue weighted by Gasteiger charge is 2.07. The Morgan fingerprint density at radius 2 is 1.86 bits per heavy atom. The summed E-state index contributed by atoms with van der Waals surface area (Å²) < 4.78 is 28.6. The Kier molecular flexibility index (Phi) is 10.3. The third-order valence-corrected chi connectivity index (χ3v) is 4.59. The predicted molar refractivity (Wildman–Crippen MR) is 123 cm³/mol. The lowest BCUT2D eigenvalue weighted by atomic mass is 10.2. The Labute approximate surface area is 183 Å². The van der Waals surface area contributed by atoms with Crippen molar-refractivity contribution in [1.82, 2.24) is 10.6 Å². The summed E-state index contributed by atoms with van der Waals surface area (Å²) in [6, 6.07) is 14.3. The van der Waals surface area contributed by atoms with Gasteiger partial charge in [-0.05, 0) is 43.7 Å². The van der Waals surface area contributed by atoms with Gasteiger partial charge >= 0.3 is 0 Å². The first-order valence-corrected chi connectivity index (χ1v) is 10.3. The maximum Gasteiger partial charge on any atom is 0.238 e. The minimum Gasteiger partial charge on any atom is -0.492 e. The topological polar surface area (TPSA) is 106 Å². The summed E-state index contributed by atoms with van der Waals surface area (Å²) in [5, 5.41) is 11.5. The number of ether oxygens (including phenoxy) is 1. The molecule has 7 nitrogen and oxygen atoms in total. The molecular formula is C19H27IN4O3S. The Morgan fingerprint density at radius 1 is 1.14 bits per heavy atom. The summed E-state index contributed by atoms with van der Waals surface area (Å²) in [6.45, 7) is 6.12. The number of nitrogens with one attached hydrogen (secondary N) is 2. The molecular weight excluding hydrogens is 491 g/mol. The van der Waals surface area contributed by atoms with Crippen molar-refractivity contribution >= 4 is 40.0 Å². The van der Waals surface area contributed by atoms with E-state index < -0.39 is 10.0 Å². The van der Waals surface area contributed by atoms with Crippen molar-refractivity contribution < 1.29 is 13.2 Å². The van der Waals surface area contributed by atoms with Gasteiger partial charge in [-0.3, -0.25) is 0 Å². The van der Waals surface area contributed by atoms with E-state index in [-0.39, 0.29) is 28.9 Å². The first-order valence-electron chi connectivity index (χ1n) is 8.72. The van der Waals surface area contributed by atoms with E-state index >= 15 is 0 Å². The molecule has 0 radical (unpaired) electrons. The van der Waals surface area contributed by atoms with E-state index in [0.717, 1.165) is 11.3 Å². The van der Waals surface area contributed by atoms with Crippen LogP contribution < -0.4 is 20.5 Å². The van der Waals surface area contributed by atoms with Gasteiger partial charge in [-0.2, -0.15) is 0 Å². The highest BCUT2D eigenvalue weighted by molar-refractivity contribution is 14.0. The van der Waals surface area contributed by atoms with Crippen LogP contribution >= 0.6 is 24.0 Å². The van der Waals surface area contributed by atoms with Crippen LogP contribution in [0.15, 0.2) is 58.4 Å². The highest BCUT2D eigenvalue weighted by atomic mass is 127. The van der Waals surface area contributed by atoms with E-state index in [1.54, 1.807) is 6.07 Å². The number of sulfonamides is 1. The third-order valence-electron chi connectivity index (χ3n) is 3.68. The van der Waals surface area contributed by atoms with Crippen molar-refractivity contribution in [3.63, 3.8) is 0 Å². The molecule has 0 spiro atoms. The lowest BCUT2D eigenvalue weighted by Crippen LogP contribution is -2.39. The second-order valence-corrected chi connectivity index (χ2v) is 7.54. The Balaban J connectivity index is 0.00000392. The van der Waals surface area contributed by atoms with Crippen LogP contribution in [0.2, 0.25) is 0 Å². The van der Waals surface area contributed by atoms with Crippen molar-refractivity contribution in [3.05, 3.63) is 59.7 Å². The van der Waals surface area contributed by atoms with Gasteiger partial charge in [-0.15, -0.1) is 24.0 Å². The number of halogens is 1. The summed E-state index contributed by atoms with van der Waals surface area (Å²) >= 11 is 0. The molecule has 0 saturated carbocycles. The van der Waals surface area contributed by atoms with Gasteiger partial charge < -0.3 is 15.4 Å². The zero-order chi connectivity index (χ0) is 19.7. The number of primary sulfonamides is 1. The number of aliphatic imine (C=N–C) groups is 1. The SMILES string of the molecule is CCNC(=NCc1cccc(S(N)(=O)=O)c1)NCCOc1ccc(C)cc1.I. The molecule has 9 heteroatoms. The average Bonchev–Trinajstić information content (AvgIpc) is 2.64. The number of hydrogen-bond donors (Lipinski definition) is 3. The van der Waals surface area contributed by atoms with Crippen LogP contribution in [0.1, 0.15) is 18.1 Å². The number of nitrogens with two attached hydrogens (primary N) is 1. The monoisotopic (exact) mass is 518 g/mol. The van der Waals surface area contributed by atoms with E-state index in [4.69, 9.17) is 9.88 Å². The summed E-state index contributed by atoms with van der Waals surface area (Å²) in [4.78, 5) is 4.55. The van der Waals surface area contributed by atoms with Gasteiger partial charge in [0.2, 0.25) is 10.0 Å². The average molecular weight is 518 g/mol. The van der Waals surface area contributed by atoms with Crippen LogP contribution in [0.25, 0.3) is 0 Å². The summed E-state index contributed by atoms with van der Waals surface area (Å²) in [5.41, 5.74) is 1.95. The first-order chi connectivity index (χ1) is 12.9. The molecule has 0 atom stereocenters. The number of hydrogen-bond acceptors (Lipinski definition) is 4. The second-order valence-electron chi connectivity index (χ2n) is 5.98. The molecule has 0 fully saturated rings. The van der Waals surface area contributed by atoms with Crippen LogP contribution in [0.3, 0.4) is 0 Å². The van der Waals surface area contributed by atoms with Gasteiger partial charge in [0, 0.05) is 6.54 Å². The number of guanidine groups is 1. The normalized spacial score (nSPS) is 11.5. The largest absolute Gasteiger partial charge is 0.492 e. The molecule has 0 heterocycles. The van der Waals surface area contributed by atoms with Crippen molar-refractivity contribution in [2.75, 3.05) is 19.7 Å². The van der Waals surface area contributed by atoms with Gasteiger partial charge in [-0.1, -0.05) is 29.8 Å². The molecule has 0 aromatic heterocycles. The van der Waals surface area contributed by atoms with E-state index in [2.05, 4.69) is 15.6 Å². The lowest BCUT2D eigenvalue weighted by molar-refractivity contribution is 0.322. The zero-order valence-electron chi connectivity index (χ0n) is 16.0. The van der Waals surface area contributed by atoms with Crippen LogP contribution in [0.5, 0.6) is 5.75 Å². The Morgan fingerprint density at radius 3 is 2.50 bits per heavy atom. The van der Waals surface area contributed by atoms with Gasteiger partial charge in [-0.25, -0.2) is 18.5 Å². The molecule has 0 amide bonds. The minimum absolute atomic E-state index is 0.